The van der Waals surface area contributed by atoms with Crippen LogP contribution in [0.25, 0.3) is 10.2 Å². The van der Waals surface area contributed by atoms with Crippen molar-refractivity contribution in [1.29, 1.82) is 0 Å². The van der Waals surface area contributed by atoms with Crippen molar-refractivity contribution >= 4 is 50.8 Å². The van der Waals surface area contributed by atoms with Gasteiger partial charge in [-0.05, 0) is 38.8 Å². The number of aryl methyl sites for hydroxylation is 2. The fourth-order valence-corrected chi connectivity index (χ4v) is 5.38. The zero-order chi connectivity index (χ0) is 22.2. The molecule has 3 rings (SSSR count). The Labute approximate surface area is 182 Å². The van der Waals surface area contributed by atoms with E-state index >= 15 is 0 Å². The van der Waals surface area contributed by atoms with E-state index in [9.17, 15) is 14.4 Å². The highest BCUT2D eigenvalue weighted by Crippen LogP contribution is 2.31. The second kappa shape index (κ2) is 8.69. The number of Topliss-reactive ketones (excluding diaryl/α,β-unsaturated/α-hetero) is 1. The lowest BCUT2D eigenvalue weighted by molar-refractivity contribution is -0.141. The smallest absolute Gasteiger partial charge is 0.318 e. The van der Waals surface area contributed by atoms with Crippen LogP contribution < -0.4 is 5.56 Å². The Bertz CT molecular complexity index is 1190. The quantitative estimate of drug-likeness (QED) is 0.281. The standard InChI is InChI=1S/C21H23N3O4S2/c1-7-8-24-19(26)16-10(2)13(5)30-18(16)23-21(24)29-9-14(25)17-11(3)15(12(4)22-17)20(27)28-6/h7,15H,1,8-9H2,2-6H3/t15-/m1/s1. The SMILES string of the molecule is C=CCn1c(SCC(=O)C2=C(C)[C@@H](C(=O)OC)C(C)=N2)nc2sc(C)c(C)c2c1=O. The molecule has 0 N–H and O–H groups in total. The Morgan fingerprint density at radius 3 is 2.63 bits per heavy atom. The van der Waals surface area contributed by atoms with Gasteiger partial charge in [-0.2, -0.15) is 0 Å². The molecule has 3 heterocycles. The van der Waals surface area contributed by atoms with Crippen molar-refractivity contribution in [3.05, 3.63) is 44.7 Å². The fourth-order valence-electron chi connectivity index (χ4n) is 3.43. The number of thiophene rings is 1. The average Bonchev–Trinajstić information content (AvgIpc) is 3.17. The molecule has 30 heavy (non-hydrogen) atoms. The van der Waals surface area contributed by atoms with Crippen LogP contribution in [0.4, 0.5) is 0 Å². The molecule has 158 valence electrons. The largest absolute Gasteiger partial charge is 0.468 e. The molecule has 0 aromatic carbocycles. The van der Waals surface area contributed by atoms with Gasteiger partial charge in [-0.3, -0.25) is 23.9 Å². The first-order chi connectivity index (χ1) is 14.2. The van der Waals surface area contributed by atoms with E-state index in [1.54, 1.807) is 19.9 Å². The van der Waals surface area contributed by atoms with Crippen LogP contribution in [0.3, 0.4) is 0 Å². The molecular weight excluding hydrogens is 422 g/mol. The molecule has 0 amide bonds. The molecule has 0 fully saturated rings. The van der Waals surface area contributed by atoms with E-state index in [4.69, 9.17) is 4.74 Å². The highest BCUT2D eigenvalue weighted by molar-refractivity contribution is 7.99. The number of rotatable bonds is 7. The molecule has 1 atom stereocenters. The van der Waals surface area contributed by atoms with Crippen molar-refractivity contribution in [2.75, 3.05) is 12.9 Å². The second-order valence-electron chi connectivity index (χ2n) is 7.02. The summed E-state index contributed by atoms with van der Waals surface area (Å²) in [7, 11) is 1.31. The maximum atomic E-state index is 13.0. The minimum Gasteiger partial charge on any atom is -0.468 e. The summed E-state index contributed by atoms with van der Waals surface area (Å²) in [6.07, 6.45) is 1.63. The summed E-state index contributed by atoms with van der Waals surface area (Å²) in [6.45, 7) is 11.3. The number of methoxy groups -OCH3 is 1. The molecule has 0 spiro atoms. The van der Waals surface area contributed by atoms with E-state index in [1.165, 1.54) is 34.8 Å². The van der Waals surface area contributed by atoms with E-state index in [0.29, 0.717) is 33.2 Å². The van der Waals surface area contributed by atoms with E-state index in [2.05, 4.69) is 16.6 Å². The van der Waals surface area contributed by atoms with E-state index in [0.717, 1.165) is 10.4 Å². The third-order valence-corrected chi connectivity index (χ3v) is 7.19. The number of thioether (sulfide) groups is 1. The highest BCUT2D eigenvalue weighted by atomic mass is 32.2. The zero-order valence-corrected chi connectivity index (χ0v) is 19.2. The molecule has 2 aromatic rings. The highest BCUT2D eigenvalue weighted by Gasteiger charge is 2.33. The maximum absolute atomic E-state index is 13.0. The molecule has 0 radical (unpaired) electrons. The molecule has 1 aliphatic heterocycles. The molecule has 0 saturated heterocycles. The van der Waals surface area contributed by atoms with Crippen LogP contribution in [0.15, 0.2) is 38.9 Å². The third kappa shape index (κ3) is 3.79. The summed E-state index contributed by atoms with van der Waals surface area (Å²) < 4.78 is 6.35. The maximum Gasteiger partial charge on any atom is 0.318 e. The minimum absolute atomic E-state index is 0.0514. The summed E-state index contributed by atoms with van der Waals surface area (Å²) in [5.41, 5.74) is 2.20. The second-order valence-corrected chi connectivity index (χ2v) is 9.16. The summed E-state index contributed by atoms with van der Waals surface area (Å²) in [5, 5.41) is 1.08. The Morgan fingerprint density at radius 1 is 1.30 bits per heavy atom. The number of aliphatic imine (C=N–C) groups is 1. The van der Waals surface area contributed by atoms with Crippen LogP contribution in [0.1, 0.15) is 24.3 Å². The number of aromatic nitrogens is 2. The number of esters is 1. The first kappa shape index (κ1) is 22.2. The van der Waals surface area contributed by atoms with Crippen molar-refractivity contribution in [3.8, 4) is 0 Å². The van der Waals surface area contributed by atoms with E-state index < -0.39 is 11.9 Å². The lowest BCUT2D eigenvalue weighted by Crippen LogP contribution is -2.23. The average molecular weight is 446 g/mol. The number of carbonyl (C=O) groups is 2. The molecular formula is C21H23N3O4S2. The van der Waals surface area contributed by atoms with Crippen molar-refractivity contribution in [2.24, 2.45) is 10.9 Å². The number of nitrogens with zero attached hydrogens (tertiary/aromatic N) is 3. The molecule has 2 aromatic heterocycles. The normalized spacial score (nSPS) is 16.2. The fraction of sp³-hybridized carbons (Fsp3) is 0.381. The van der Waals surface area contributed by atoms with Crippen LogP contribution in [0, 0.1) is 19.8 Å². The Kier molecular flexibility index (Phi) is 6.42. The van der Waals surface area contributed by atoms with Crippen LogP contribution in [0.5, 0.6) is 0 Å². The molecule has 0 aliphatic carbocycles. The van der Waals surface area contributed by atoms with Gasteiger partial charge < -0.3 is 4.74 Å². The number of hydrogen-bond donors (Lipinski definition) is 0. The Balaban J connectivity index is 1.92. The summed E-state index contributed by atoms with van der Waals surface area (Å²) in [5.74, 6) is -1.22. The van der Waals surface area contributed by atoms with Crippen molar-refractivity contribution in [2.45, 2.75) is 39.4 Å². The Morgan fingerprint density at radius 2 is 2.00 bits per heavy atom. The van der Waals surface area contributed by atoms with Gasteiger partial charge in [0.25, 0.3) is 5.56 Å². The minimum atomic E-state index is -0.621. The molecule has 9 heteroatoms. The van der Waals surface area contributed by atoms with Gasteiger partial charge in [0.05, 0.1) is 18.2 Å². The number of ether oxygens (including phenoxy) is 1. The molecule has 0 bridgehead atoms. The van der Waals surface area contributed by atoms with Gasteiger partial charge in [-0.1, -0.05) is 17.8 Å². The van der Waals surface area contributed by atoms with E-state index in [-0.39, 0.29) is 22.8 Å². The van der Waals surface area contributed by atoms with Crippen LogP contribution in [0.2, 0.25) is 0 Å². The number of allylic oxidation sites excluding steroid dienone is 2. The lowest BCUT2D eigenvalue weighted by atomic mass is 9.97. The van der Waals surface area contributed by atoms with E-state index in [1.807, 2.05) is 13.8 Å². The van der Waals surface area contributed by atoms with Crippen molar-refractivity contribution in [1.82, 2.24) is 9.55 Å². The first-order valence-corrected chi connectivity index (χ1v) is 11.1. The number of fused-ring (bicyclic) bond motifs is 1. The predicted octanol–water partition coefficient (Wildman–Crippen LogP) is 3.46. The molecule has 0 unspecified atom stereocenters. The monoisotopic (exact) mass is 445 g/mol. The van der Waals surface area contributed by atoms with Crippen molar-refractivity contribution < 1.29 is 14.3 Å². The molecule has 1 aliphatic rings. The third-order valence-electron chi connectivity index (χ3n) is 5.11. The van der Waals surface area contributed by atoms with Gasteiger partial charge in [-0.25, -0.2) is 4.98 Å². The lowest BCUT2D eigenvalue weighted by Gasteiger charge is -2.11. The number of carbonyl (C=O) groups excluding carboxylic acids is 2. The first-order valence-electron chi connectivity index (χ1n) is 9.32. The zero-order valence-electron chi connectivity index (χ0n) is 17.6. The number of hydrogen-bond acceptors (Lipinski definition) is 8. The summed E-state index contributed by atoms with van der Waals surface area (Å²) in [6, 6.07) is 0. The van der Waals surface area contributed by atoms with Gasteiger partial charge in [0.1, 0.15) is 16.4 Å². The van der Waals surface area contributed by atoms with Gasteiger partial charge in [0, 0.05) is 17.1 Å². The van der Waals surface area contributed by atoms with Crippen LogP contribution in [-0.4, -0.2) is 39.9 Å². The number of ketones is 1. The van der Waals surface area contributed by atoms with Crippen molar-refractivity contribution in [3.63, 3.8) is 0 Å². The predicted molar refractivity (Wildman–Crippen MR) is 121 cm³/mol. The summed E-state index contributed by atoms with van der Waals surface area (Å²) in [4.78, 5) is 48.5. The van der Waals surface area contributed by atoms with Gasteiger partial charge in [-0.15, -0.1) is 17.9 Å². The Hall–Kier alpha value is -2.52. The van der Waals surface area contributed by atoms with Gasteiger partial charge >= 0.3 is 5.97 Å². The molecule has 0 saturated carbocycles. The van der Waals surface area contributed by atoms with Crippen LogP contribution in [-0.2, 0) is 20.9 Å². The summed E-state index contributed by atoms with van der Waals surface area (Å²) >= 11 is 2.66. The van der Waals surface area contributed by atoms with Crippen LogP contribution >= 0.6 is 23.1 Å². The van der Waals surface area contributed by atoms with Gasteiger partial charge in [0.15, 0.2) is 10.9 Å². The van der Waals surface area contributed by atoms with Gasteiger partial charge in [0.2, 0.25) is 0 Å². The molecule has 7 nitrogen and oxygen atoms in total. The topological polar surface area (TPSA) is 90.6 Å².